The van der Waals surface area contributed by atoms with Crippen LogP contribution in [0, 0.1) is 0 Å². The van der Waals surface area contributed by atoms with Crippen molar-refractivity contribution in [2.24, 2.45) is 0 Å². The van der Waals surface area contributed by atoms with Gasteiger partial charge in [-0.1, -0.05) is 0 Å². The molecule has 4 aromatic rings. The van der Waals surface area contributed by atoms with Crippen molar-refractivity contribution >= 4 is 20.0 Å². The summed E-state index contributed by atoms with van der Waals surface area (Å²) in [5.41, 5.74) is 3.21. The van der Waals surface area contributed by atoms with E-state index in [1.807, 2.05) is 0 Å². The van der Waals surface area contributed by atoms with Crippen LogP contribution < -0.4 is 28.4 Å². The molecule has 7 rings (SSSR count). The van der Waals surface area contributed by atoms with E-state index in [0.29, 0.717) is 24.3 Å². The topological polar surface area (TPSA) is 189 Å². The minimum Gasteiger partial charge on any atom is -0.504 e. The van der Waals surface area contributed by atoms with E-state index in [-0.39, 0.29) is 110 Å². The summed E-state index contributed by atoms with van der Waals surface area (Å²) in [6.07, 6.45) is 0.825. The molecule has 0 amide bonds. The molecule has 324 valence electrons. The second-order valence-corrected chi connectivity index (χ2v) is 18.1. The lowest BCUT2D eigenvalue weighted by Crippen LogP contribution is -2.38. The molecule has 60 heavy (non-hydrogen) atoms. The van der Waals surface area contributed by atoms with Gasteiger partial charge in [-0.15, -0.1) is 0 Å². The molecule has 0 aromatic heterocycles. The zero-order valence-corrected chi connectivity index (χ0v) is 35.6. The van der Waals surface area contributed by atoms with E-state index in [4.69, 9.17) is 37.9 Å². The Bertz CT molecular complexity index is 2240. The number of phenolic OH excluding ortho intramolecular Hbond substituents is 2. The Labute approximate surface area is 350 Å². The lowest BCUT2D eigenvalue weighted by molar-refractivity contribution is 0.0639. The summed E-state index contributed by atoms with van der Waals surface area (Å²) in [6, 6.07) is 14.5. The summed E-state index contributed by atoms with van der Waals surface area (Å²) < 4.78 is 105. The molecule has 0 saturated heterocycles. The molecule has 0 fully saturated rings. The van der Waals surface area contributed by atoms with E-state index < -0.39 is 32.1 Å². The van der Waals surface area contributed by atoms with Crippen molar-refractivity contribution in [3.63, 3.8) is 0 Å². The van der Waals surface area contributed by atoms with E-state index >= 15 is 0 Å². The summed E-state index contributed by atoms with van der Waals surface area (Å²) in [4.78, 5) is 0.0479. The van der Waals surface area contributed by atoms with Crippen LogP contribution in [-0.2, 0) is 42.4 Å². The molecule has 3 aliphatic heterocycles. The molecule has 0 saturated carbocycles. The molecule has 4 aromatic carbocycles. The Morgan fingerprint density at radius 1 is 0.533 bits per heavy atom. The highest BCUT2D eigenvalue weighted by atomic mass is 32.2. The summed E-state index contributed by atoms with van der Waals surface area (Å²) in [6.45, 7) is 4.98. The van der Waals surface area contributed by atoms with Crippen LogP contribution in [0.25, 0.3) is 0 Å². The normalized spacial score (nSPS) is 19.9. The van der Waals surface area contributed by atoms with Gasteiger partial charge in [-0.3, -0.25) is 0 Å². The summed E-state index contributed by atoms with van der Waals surface area (Å²) in [5, 5.41) is 20.6. The fourth-order valence-electron chi connectivity index (χ4n) is 7.69. The van der Waals surface area contributed by atoms with Crippen molar-refractivity contribution in [2.75, 3.05) is 80.2 Å². The van der Waals surface area contributed by atoms with Crippen LogP contribution in [0.15, 0.2) is 70.5 Å². The number of methoxy groups -OCH3 is 2. The number of phenols is 2. The highest BCUT2D eigenvalue weighted by Gasteiger charge is 2.37. The monoisotopic (exact) mass is 870 g/mol. The molecular formula is C42H50N2O14S2. The van der Waals surface area contributed by atoms with E-state index in [1.54, 1.807) is 50.2 Å². The fraction of sp³-hybridized carbons (Fsp3) is 0.429. The largest absolute Gasteiger partial charge is 0.504 e. The minimum absolute atomic E-state index is 0.00424. The Hall–Kier alpha value is -4.98. The van der Waals surface area contributed by atoms with Crippen molar-refractivity contribution in [3.05, 3.63) is 82.9 Å². The van der Waals surface area contributed by atoms with Crippen LogP contribution in [0.2, 0.25) is 0 Å². The number of hydrogen-bond donors (Lipinski definition) is 2. The molecule has 3 heterocycles. The summed E-state index contributed by atoms with van der Waals surface area (Å²) in [5.74, 6) is 1.63. The van der Waals surface area contributed by atoms with Crippen LogP contribution in [0.5, 0.6) is 46.0 Å². The molecule has 0 aliphatic carbocycles. The van der Waals surface area contributed by atoms with Gasteiger partial charge < -0.3 is 48.1 Å². The van der Waals surface area contributed by atoms with E-state index in [1.165, 1.54) is 47.1 Å². The maximum Gasteiger partial charge on any atom is 0.243 e. The van der Waals surface area contributed by atoms with Crippen molar-refractivity contribution in [3.8, 4) is 46.0 Å². The van der Waals surface area contributed by atoms with Gasteiger partial charge in [0, 0.05) is 37.3 Å². The Morgan fingerprint density at radius 2 is 0.900 bits per heavy atom. The molecule has 2 unspecified atom stereocenters. The third-order valence-electron chi connectivity index (χ3n) is 10.8. The first-order chi connectivity index (χ1) is 28.8. The lowest BCUT2D eigenvalue weighted by Gasteiger charge is -2.34. The van der Waals surface area contributed by atoms with Crippen molar-refractivity contribution < 1.29 is 64.9 Å². The highest BCUT2D eigenvalue weighted by molar-refractivity contribution is 7.89. The van der Waals surface area contributed by atoms with Crippen molar-refractivity contribution in [1.29, 1.82) is 0 Å². The minimum atomic E-state index is -4.00. The number of benzene rings is 4. The zero-order chi connectivity index (χ0) is 42.6. The van der Waals surface area contributed by atoms with Gasteiger partial charge in [0.25, 0.3) is 0 Å². The van der Waals surface area contributed by atoms with Crippen molar-refractivity contribution in [1.82, 2.24) is 8.61 Å². The average Bonchev–Trinajstić information content (AvgIpc) is 3.22. The number of hydrogen-bond acceptors (Lipinski definition) is 14. The quantitative estimate of drug-likeness (QED) is 0.264. The van der Waals surface area contributed by atoms with Gasteiger partial charge in [-0.2, -0.15) is 8.61 Å². The Balaban J connectivity index is 1.02. The van der Waals surface area contributed by atoms with Crippen LogP contribution >= 0.6 is 0 Å². The SMILES string of the molecule is COc1cc2c(cc1O)CCN(S(=O)(=O)c1ccc3c(c1)OCCOCCOc1cc(S(=O)(=O)N4CCc5cc(O)c(OC)cc5C4C)ccc1OCCOCCO3)C2C. The molecule has 0 spiro atoms. The van der Waals surface area contributed by atoms with Gasteiger partial charge in [0.1, 0.15) is 26.4 Å². The standard InChI is InChI=1S/C42H50N2O14S2/c1-27-33-25-39(51-3)35(45)21-29(33)9-11-43(27)59(47,48)31-5-7-37-41(23-31)57-19-15-54-16-20-58-42-24-32(6-8-38(42)56-18-14-53-13-17-55-37)60(49,50)44-12-10-30-22-36(46)40(52-4)26-34(30)28(44)2/h5-8,21-28,45-46H,9-20H2,1-4H3. The number of rotatable bonds is 6. The molecular weight excluding hydrogens is 821 g/mol. The van der Waals surface area contributed by atoms with Gasteiger partial charge in [0.05, 0.1) is 50.4 Å². The first kappa shape index (κ1) is 43.1. The molecule has 0 radical (unpaired) electrons. The number of sulfonamides is 2. The van der Waals surface area contributed by atoms with E-state index in [9.17, 15) is 27.0 Å². The molecule has 0 bridgehead atoms. The van der Waals surface area contributed by atoms with E-state index in [2.05, 4.69) is 0 Å². The number of nitrogens with zero attached hydrogens (tertiary/aromatic N) is 2. The third kappa shape index (κ3) is 8.89. The smallest absolute Gasteiger partial charge is 0.243 e. The molecule has 16 nitrogen and oxygen atoms in total. The number of fused-ring (bicyclic) bond motifs is 4. The number of ether oxygens (including phenoxy) is 8. The highest BCUT2D eigenvalue weighted by Crippen LogP contribution is 2.42. The lowest BCUT2D eigenvalue weighted by atomic mass is 9.94. The second kappa shape index (κ2) is 18.3. The first-order valence-corrected chi connectivity index (χ1v) is 22.5. The molecule has 2 atom stereocenters. The first-order valence-electron chi connectivity index (χ1n) is 19.6. The van der Waals surface area contributed by atoms with Crippen LogP contribution in [0.4, 0.5) is 0 Å². The van der Waals surface area contributed by atoms with Gasteiger partial charge >= 0.3 is 0 Å². The molecule has 18 heteroatoms. The predicted octanol–water partition coefficient (Wildman–Crippen LogP) is 4.99. The fourth-order valence-corrected chi connectivity index (χ4v) is 10.9. The average molecular weight is 871 g/mol. The summed E-state index contributed by atoms with van der Waals surface area (Å²) in [7, 11) is -5.11. The van der Waals surface area contributed by atoms with E-state index in [0.717, 1.165) is 22.3 Å². The van der Waals surface area contributed by atoms with Gasteiger partial charge in [0.15, 0.2) is 46.0 Å². The van der Waals surface area contributed by atoms with Crippen molar-refractivity contribution in [2.45, 2.75) is 48.6 Å². The second-order valence-electron chi connectivity index (χ2n) is 14.4. The molecule has 2 N–H and O–H groups in total. The third-order valence-corrected chi connectivity index (χ3v) is 14.8. The Morgan fingerprint density at radius 3 is 1.27 bits per heavy atom. The van der Waals surface area contributed by atoms with Gasteiger partial charge in [-0.25, -0.2) is 16.8 Å². The number of aromatic hydroxyl groups is 2. The van der Waals surface area contributed by atoms with Crippen LogP contribution in [-0.4, -0.2) is 116 Å². The molecule has 3 aliphatic rings. The zero-order valence-electron chi connectivity index (χ0n) is 33.9. The maximum atomic E-state index is 14.1. The maximum absolute atomic E-state index is 14.1. The predicted molar refractivity (Wildman–Crippen MR) is 218 cm³/mol. The van der Waals surface area contributed by atoms with Crippen LogP contribution in [0.1, 0.15) is 48.2 Å². The van der Waals surface area contributed by atoms with Gasteiger partial charge in [-0.05, 0) is 97.5 Å². The van der Waals surface area contributed by atoms with Gasteiger partial charge in [0.2, 0.25) is 20.0 Å². The van der Waals surface area contributed by atoms with Crippen LogP contribution in [0.3, 0.4) is 0 Å². The summed E-state index contributed by atoms with van der Waals surface area (Å²) >= 11 is 0. The Kier molecular flexibility index (Phi) is 13.2.